The van der Waals surface area contributed by atoms with Gasteiger partial charge >= 0.3 is 5.82 Å². The van der Waals surface area contributed by atoms with Crippen molar-refractivity contribution in [2.45, 2.75) is 6.10 Å². The van der Waals surface area contributed by atoms with Crippen molar-refractivity contribution < 1.29 is 18.4 Å². The van der Waals surface area contributed by atoms with Gasteiger partial charge in [-0.25, -0.2) is 8.78 Å². The molecule has 21 heavy (non-hydrogen) atoms. The van der Waals surface area contributed by atoms with Crippen molar-refractivity contribution in [3.05, 3.63) is 61.6 Å². The van der Waals surface area contributed by atoms with E-state index in [1.54, 1.807) is 0 Å². The Labute approximate surface area is 132 Å². The number of pyridine rings is 1. The second kappa shape index (κ2) is 6.74. The minimum atomic E-state index is -1.14. The molecule has 1 aromatic carbocycles. The van der Waals surface area contributed by atoms with Crippen molar-refractivity contribution in [1.29, 1.82) is 0 Å². The second-order valence-electron chi connectivity index (χ2n) is 4.01. The molecule has 0 unspecified atom stereocenters. The summed E-state index contributed by atoms with van der Waals surface area (Å²) in [6, 6.07) is 6.63. The smallest absolute Gasteiger partial charge is 0.406 e. The third-order valence-electron chi connectivity index (χ3n) is 2.64. The molecular weight excluding hydrogens is 397 g/mol. The normalized spacial score (nSPS) is 12.0. The van der Waals surface area contributed by atoms with E-state index in [0.29, 0.717) is 3.57 Å². The van der Waals surface area contributed by atoms with Gasteiger partial charge in [-0.3, -0.25) is 0 Å². The van der Waals surface area contributed by atoms with Crippen LogP contribution in [0.4, 0.5) is 14.6 Å². The van der Waals surface area contributed by atoms with Crippen molar-refractivity contribution in [3.63, 3.8) is 0 Å². The molecule has 0 aliphatic carbocycles. The van der Waals surface area contributed by atoms with Gasteiger partial charge in [-0.2, -0.15) is 0 Å². The monoisotopic (exact) mass is 406 g/mol. The lowest BCUT2D eigenvalue weighted by Gasteiger charge is -2.17. The number of halogens is 3. The standard InChI is InChI=1S/C13H9F2IN2O3/c14-7-12(9-6-8(15)3-4-10(9)16)21-11-2-1-5-17-13(11)18(19)20/h1-6,12H,7H2/t12-/m1/s1. The Hall–Kier alpha value is -1.84. The Morgan fingerprint density at radius 3 is 2.86 bits per heavy atom. The maximum absolute atomic E-state index is 13.3. The number of rotatable bonds is 5. The fourth-order valence-corrected chi connectivity index (χ4v) is 2.39. The zero-order valence-corrected chi connectivity index (χ0v) is 12.7. The van der Waals surface area contributed by atoms with Crippen molar-refractivity contribution in [1.82, 2.24) is 4.98 Å². The van der Waals surface area contributed by atoms with E-state index in [1.165, 1.54) is 30.5 Å². The topological polar surface area (TPSA) is 65.3 Å². The molecule has 2 rings (SSSR count). The van der Waals surface area contributed by atoms with Crippen LogP contribution in [0.15, 0.2) is 36.5 Å². The largest absolute Gasteiger partial charge is 0.475 e. The van der Waals surface area contributed by atoms with E-state index < -0.39 is 29.3 Å². The first kappa shape index (κ1) is 15.5. The number of benzene rings is 1. The molecule has 0 bridgehead atoms. The van der Waals surface area contributed by atoms with Crippen molar-refractivity contribution in [3.8, 4) is 5.75 Å². The molecule has 5 nitrogen and oxygen atoms in total. The molecule has 0 spiro atoms. The van der Waals surface area contributed by atoms with Crippen LogP contribution >= 0.6 is 22.6 Å². The van der Waals surface area contributed by atoms with Crippen molar-refractivity contribution >= 4 is 28.4 Å². The van der Waals surface area contributed by atoms with Crippen LogP contribution in [0.5, 0.6) is 5.75 Å². The number of aromatic nitrogens is 1. The van der Waals surface area contributed by atoms with Crippen LogP contribution in [0.2, 0.25) is 0 Å². The quantitative estimate of drug-likeness (QED) is 0.430. The number of hydrogen-bond acceptors (Lipinski definition) is 4. The molecule has 0 fully saturated rings. The molecule has 2 aromatic rings. The molecule has 110 valence electrons. The minimum absolute atomic E-state index is 0.162. The van der Waals surface area contributed by atoms with Gasteiger partial charge in [0.2, 0.25) is 5.75 Å². The van der Waals surface area contributed by atoms with Gasteiger partial charge < -0.3 is 14.9 Å². The Kier molecular flexibility index (Phi) is 4.99. The van der Waals surface area contributed by atoms with Gasteiger partial charge in [-0.1, -0.05) is 0 Å². The van der Waals surface area contributed by atoms with Crippen LogP contribution in [0.3, 0.4) is 0 Å². The van der Waals surface area contributed by atoms with E-state index in [1.807, 2.05) is 22.6 Å². The molecule has 0 aliphatic rings. The van der Waals surface area contributed by atoms with E-state index in [-0.39, 0.29) is 11.3 Å². The van der Waals surface area contributed by atoms with Crippen LogP contribution in [0, 0.1) is 19.5 Å². The van der Waals surface area contributed by atoms with E-state index in [4.69, 9.17) is 4.74 Å². The fraction of sp³-hybridized carbons (Fsp3) is 0.154. The molecule has 0 saturated heterocycles. The first-order chi connectivity index (χ1) is 10.0. The summed E-state index contributed by atoms with van der Waals surface area (Å²) in [7, 11) is 0. The van der Waals surface area contributed by atoms with Gasteiger partial charge in [-0.05, 0) is 62.8 Å². The molecule has 0 amide bonds. The van der Waals surface area contributed by atoms with Gasteiger partial charge in [0, 0.05) is 9.13 Å². The maximum atomic E-state index is 13.3. The number of nitrogens with zero attached hydrogens (tertiary/aromatic N) is 2. The Bertz CT molecular complexity index is 670. The van der Waals surface area contributed by atoms with Crippen LogP contribution in [-0.2, 0) is 0 Å². The first-order valence-electron chi connectivity index (χ1n) is 5.80. The summed E-state index contributed by atoms with van der Waals surface area (Å²) in [4.78, 5) is 13.7. The third kappa shape index (κ3) is 3.63. The molecule has 0 aliphatic heterocycles. The Morgan fingerprint density at radius 1 is 1.43 bits per heavy atom. The number of alkyl halides is 1. The van der Waals surface area contributed by atoms with Crippen LogP contribution in [0.25, 0.3) is 0 Å². The van der Waals surface area contributed by atoms with Crippen LogP contribution in [-0.4, -0.2) is 16.6 Å². The number of hydrogen-bond donors (Lipinski definition) is 0. The molecular formula is C13H9F2IN2O3. The predicted molar refractivity (Wildman–Crippen MR) is 79.4 cm³/mol. The van der Waals surface area contributed by atoms with E-state index >= 15 is 0 Å². The number of nitro groups is 1. The lowest BCUT2D eigenvalue weighted by Crippen LogP contribution is -2.13. The van der Waals surface area contributed by atoms with Gasteiger partial charge in [0.25, 0.3) is 0 Å². The maximum Gasteiger partial charge on any atom is 0.406 e. The van der Waals surface area contributed by atoms with Gasteiger partial charge in [0.15, 0.2) is 6.10 Å². The van der Waals surface area contributed by atoms with Crippen molar-refractivity contribution in [2.75, 3.05) is 6.67 Å². The highest BCUT2D eigenvalue weighted by Crippen LogP contribution is 2.31. The fourth-order valence-electron chi connectivity index (χ4n) is 1.70. The Balaban J connectivity index is 2.36. The summed E-state index contributed by atoms with van der Waals surface area (Å²) in [6.45, 7) is -0.953. The number of ether oxygens (including phenoxy) is 1. The van der Waals surface area contributed by atoms with Gasteiger partial charge in [0.1, 0.15) is 18.7 Å². The summed E-state index contributed by atoms with van der Waals surface area (Å²) < 4.78 is 32.4. The van der Waals surface area contributed by atoms with Crippen LogP contribution < -0.4 is 4.74 Å². The average molecular weight is 406 g/mol. The zero-order chi connectivity index (χ0) is 15.4. The summed E-state index contributed by atoms with van der Waals surface area (Å²) in [5.41, 5.74) is 0.288. The summed E-state index contributed by atoms with van der Waals surface area (Å²) in [5.74, 6) is -1.21. The summed E-state index contributed by atoms with van der Waals surface area (Å²) >= 11 is 1.92. The Morgan fingerprint density at radius 2 is 2.19 bits per heavy atom. The highest BCUT2D eigenvalue weighted by molar-refractivity contribution is 14.1. The lowest BCUT2D eigenvalue weighted by atomic mass is 10.1. The molecule has 1 atom stereocenters. The zero-order valence-electron chi connectivity index (χ0n) is 10.5. The molecule has 1 aromatic heterocycles. The molecule has 1 heterocycles. The SMILES string of the molecule is O=[N+]([O-])c1ncccc1O[C@H](CF)c1cc(F)ccc1I. The lowest BCUT2D eigenvalue weighted by molar-refractivity contribution is -0.390. The molecule has 0 saturated carbocycles. The molecule has 0 radical (unpaired) electrons. The predicted octanol–water partition coefficient (Wildman–Crippen LogP) is 3.82. The molecule has 0 N–H and O–H groups in total. The highest BCUT2D eigenvalue weighted by Gasteiger charge is 2.23. The van der Waals surface area contributed by atoms with Gasteiger partial charge in [0.05, 0.1) is 0 Å². The molecule has 8 heteroatoms. The van der Waals surface area contributed by atoms with Gasteiger partial charge in [-0.15, -0.1) is 0 Å². The van der Waals surface area contributed by atoms with E-state index in [2.05, 4.69) is 4.98 Å². The second-order valence-corrected chi connectivity index (χ2v) is 5.17. The summed E-state index contributed by atoms with van der Waals surface area (Å²) in [5, 5.41) is 10.9. The first-order valence-corrected chi connectivity index (χ1v) is 6.87. The minimum Gasteiger partial charge on any atom is -0.475 e. The van der Waals surface area contributed by atoms with E-state index in [9.17, 15) is 18.9 Å². The highest BCUT2D eigenvalue weighted by atomic mass is 127. The van der Waals surface area contributed by atoms with E-state index in [0.717, 1.165) is 6.07 Å². The van der Waals surface area contributed by atoms with Crippen molar-refractivity contribution in [2.24, 2.45) is 0 Å². The summed E-state index contributed by atoms with van der Waals surface area (Å²) in [6.07, 6.45) is 0.0944. The third-order valence-corrected chi connectivity index (χ3v) is 3.62. The average Bonchev–Trinajstić information content (AvgIpc) is 2.47. The van der Waals surface area contributed by atoms with Crippen LogP contribution in [0.1, 0.15) is 11.7 Å².